The Morgan fingerprint density at radius 1 is 0.778 bits per heavy atom. The van der Waals surface area contributed by atoms with Gasteiger partial charge in [0, 0.05) is 15.2 Å². The van der Waals surface area contributed by atoms with Crippen LogP contribution >= 0.6 is 0 Å². The maximum atomic E-state index is 3.37. The van der Waals surface area contributed by atoms with E-state index in [1.54, 1.807) is 0 Å². The lowest BCUT2D eigenvalue weighted by Gasteiger charge is -2.38. The lowest BCUT2D eigenvalue weighted by molar-refractivity contribution is 1.40. The Morgan fingerprint density at radius 3 is 1.44 bits per heavy atom. The van der Waals surface area contributed by atoms with Crippen LogP contribution in [-0.4, -0.2) is 15.2 Å². The topological polar surface area (TPSA) is 0 Å². The summed E-state index contributed by atoms with van der Waals surface area (Å²) in [5.41, 5.74) is 9.58. The molecule has 0 nitrogen and oxygen atoms in total. The number of hydrogen-bond donors (Lipinski definition) is 0. The van der Waals surface area contributed by atoms with Crippen molar-refractivity contribution in [2.45, 2.75) is 38.3 Å². The first-order chi connectivity index (χ1) is 8.41. The zero-order valence-corrected chi connectivity index (χ0v) is 13.9. The summed E-state index contributed by atoms with van der Waals surface area (Å²) in [5.74, 6) is 0. The monoisotopic (exact) mass is 270 g/mol. The molecule has 0 aromatic rings. The Labute approximate surface area is 113 Å². The zero-order chi connectivity index (χ0) is 13.2. The van der Waals surface area contributed by atoms with Crippen molar-refractivity contribution in [2.75, 3.05) is 0 Å². The van der Waals surface area contributed by atoms with E-state index in [9.17, 15) is 0 Å². The summed E-state index contributed by atoms with van der Waals surface area (Å²) in [4.78, 5) is 0. The van der Waals surface area contributed by atoms with Gasteiger partial charge in [-0.15, -0.1) is 11.5 Å². The van der Waals surface area contributed by atoms with E-state index in [4.69, 9.17) is 0 Å². The lowest BCUT2D eigenvalue weighted by Crippen LogP contribution is -2.54. The maximum absolute atomic E-state index is 3.37. The van der Waals surface area contributed by atoms with Gasteiger partial charge in [-0.2, -0.15) is 0 Å². The molecule has 0 heterocycles. The van der Waals surface area contributed by atoms with Crippen molar-refractivity contribution in [1.82, 2.24) is 0 Å². The molecule has 2 aliphatic carbocycles. The molecule has 0 fully saturated rings. The smallest absolute Gasteiger partial charge is 0.0468 e. The van der Waals surface area contributed by atoms with E-state index in [0.717, 1.165) is 0 Å². The summed E-state index contributed by atoms with van der Waals surface area (Å²) in [5, 5.41) is 0. The van der Waals surface area contributed by atoms with Crippen LogP contribution < -0.4 is 0 Å². The quantitative estimate of drug-likeness (QED) is 0.498. The van der Waals surface area contributed by atoms with Crippen LogP contribution in [0.15, 0.2) is 59.1 Å². The first kappa shape index (κ1) is 13.4. The number of hydrogen-bond acceptors (Lipinski definition) is 0. The minimum Gasteiger partial charge on any atom is -0.118 e. The van der Waals surface area contributed by atoms with Crippen molar-refractivity contribution >= 4 is 15.2 Å². The van der Waals surface area contributed by atoms with Gasteiger partial charge in [0.1, 0.15) is 0 Å². The molecule has 0 aromatic carbocycles. The molecule has 0 saturated carbocycles. The van der Waals surface area contributed by atoms with Gasteiger partial charge in [0.25, 0.3) is 0 Å². The molecule has 0 amide bonds. The van der Waals surface area contributed by atoms with Gasteiger partial charge in [0.05, 0.1) is 0 Å². The van der Waals surface area contributed by atoms with Gasteiger partial charge in [-0.1, -0.05) is 50.5 Å². The van der Waals surface area contributed by atoms with Crippen molar-refractivity contribution < 1.29 is 0 Å². The Bertz CT molecular complexity index is 479. The average molecular weight is 271 g/mol. The molecule has 0 spiro atoms. The molecule has 0 radical (unpaired) electrons. The van der Waals surface area contributed by atoms with Gasteiger partial charge in [-0.3, -0.25) is 0 Å². The van der Waals surface area contributed by atoms with E-state index in [1.165, 1.54) is 23.2 Å². The molecule has 0 N–H and O–H groups in total. The summed E-state index contributed by atoms with van der Waals surface area (Å²) in [6.07, 6.45) is 12.8. The molecule has 18 heavy (non-hydrogen) atoms. The third-order valence-corrected chi connectivity index (χ3v) is 22.7. The molecular weight excluding hydrogens is 248 g/mol. The van der Waals surface area contributed by atoms with E-state index < -0.39 is 15.2 Å². The van der Waals surface area contributed by atoms with E-state index in [-0.39, 0.29) is 0 Å². The largest absolute Gasteiger partial charge is 0.118 e. The number of rotatable bonds is 5. The zero-order valence-electron chi connectivity index (χ0n) is 11.9. The molecule has 0 unspecified atom stereocenters. The normalized spacial score (nSPS) is 17.6. The average Bonchev–Trinajstić information content (AvgIpc) is 2.89. The molecule has 2 aliphatic rings. The van der Waals surface area contributed by atoms with Crippen LogP contribution in [0.4, 0.5) is 0 Å². The van der Waals surface area contributed by atoms with Crippen LogP contribution in [0, 0.1) is 0 Å². The Balaban J connectivity index is 2.11. The minimum atomic E-state index is -1.20. The molecule has 94 valence electrons. The van der Waals surface area contributed by atoms with Crippen LogP contribution in [0.2, 0.25) is 38.3 Å². The van der Waals surface area contributed by atoms with E-state index >= 15 is 0 Å². The van der Waals surface area contributed by atoms with Crippen molar-refractivity contribution in [3.63, 3.8) is 0 Å². The van der Waals surface area contributed by atoms with E-state index in [2.05, 4.69) is 62.0 Å². The summed E-state index contributed by atoms with van der Waals surface area (Å²) in [6, 6.07) is 2.56. The van der Waals surface area contributed by atoms with Crippen molar-refractivity contribution in [1.29, 1.82) is 0 Å². The van der Waals surface area contributed by atoms with Crippen molar-refractivity contribution in [3.8, 4) is 0 Å². The Hall–Kier alpha value is -1.05. The maximum Gasteiger partial charge on any atom is 0.0468 e. The number of allylic oxidation sites excluding steroid dienone is 6. The standard InChI is InChI=1S/C16H22Si2/c1-17(2,13-15-9-5-6-10-15)18(3,4)14-16-11-7-8-12-16/h5-9,11H,13-14H2,1-4H3. The second-order valence-electron chi connectivity index (χ2n) is 6.51. The second kappa shape index (κ2) is 4.91. The second-order valence-corrected chi connectivity index (χ2v) is 22.9. The summed E-state index contributed by atoms with van der Waals surface area (Å²) < 4.78 is 0. The van der Waals surface area contributed by atoms with Crippen molar-refractivity contribution in [3.05, 3.63) is 59.1 Å². The molecular formula is C16H22Si2. The van der Waals surface area contributed by atoms with Crippen LogP contribution in [0.1, 0.15) is 0 Å². The molecule has 0 saturated heterocycles. The molecule has 2 rings (SSSR count). The van der Waals surface area contributed by atoms with Gasteiger partial charge in [-0.25, -0.2) is 0 Å². The highest BCUT2D eigenvalue weighted by atomic mass is 29.3. The predicted octanol–water partition coefficient (Wildman–Crippen LogP) is 4.78. The fourth-order valence-corrected chi connectivity index (χ4v) is 9.70. The minimum absolute atomic E-state index is 1.20. The molecule has 2 heteroatoms. The summed E-state index contributed by atoms with van der Waals surface area (Å²) in [7, 11) is -2.41. The van der Waals surface area contributed by atoms with Gasteiger partial charge < -0.3 is 0 Å². The van der Waals surface area contributed by atoms with Gasteiger partial charge in [0.15, 0.2) is 0 Å². The first-order valence-corrected chi connectivity index (χ1v) is 14.1. The molecule has 0 aliphatic heterocycles. The highest BCUT2D eigenvalue weighted by molar-refractivity contribution is 7.41. The third kappa shape index (κ3) is 2.85. The lowest BCUT2D eigenvalue weighted by atomic mass is 10.3. The highest BCUT2D eigenvalue weighted by Gasteiger charge is 2.41. The highest BCUT2D eigenvalue weighted by Crippen LogP contribution is 2.33. The fourth-order valence-electron chi connectivity index (χ4n) is 2.39. The Morgan fingerprint density at radius 2 is 1.17 bits per heavy atom. The summed E-state index contributed by atoms with van der Waals surface area (Å²) in [6.45, 7) is 10.2. The third-order valence-electron chi connectivity index (χ3n) is 4.42. The van der Waals surface area contributed by atoms with Crippen LogP contribution in [0.25, 0.3) is 0 Å². The van der Waals surface area contributed by atoms with Crippen molar-refractivity contribution in [2.24, 2.45) is 0 Å². The fraction of sp³-hybridized carbons (Fsp3) is 0.375. The molecule has 0 aromatic heterocycles. The van der Waals surface area contributed by atoms with Crippen LogP contribution in [0.3, 0.4) is 0 Å². The van der Waals surface area contributed by atoms with E-state index in [1.807, 2.05) is 12.2 Å². The Kier molecular flexibility index (Phi) is 3.65. The predicted molar refractivity (Wildman–Crippen MR) is 86.1 cm³/mol. The van der Waals surface area contributed by atoms with Gasteiger partial charge in [-0.05, 0) is 35.4 Å². The van der Waals surface area contributed by atoms with E-state index in [0.29, 0.717) is 0 Å². The first-order valence-electron chi connectivity index (χ1n) is 6.65. The SMILES string of the molecule is C[Si](C)(CC1=C=CC=C1)[Si](C)(C)CC1=C=CC=C1. The summed E-state index contributed by atoms with van der Waals surface area (Å²) >= 11 is 0. The van der Waals surface area contributed by atoms with Crippen LogP contribution in [0.5, 0.6) is 0 Å². The molecule has 0 bridgehead atoms. The van der Waals surface area contributed by atoms with Gasteiger partial charge in [0.2, 0.25) is 0 Å². The molecule has 0 atom stereocenters. The van der Waals surface area contributed by atoms with Crippen LogP contribution in [-0.2, 0) is 0 Å². The van der Waals surface area contributed by atoms with Gasteiger partial charge >= 0.3 is 0 Å².